The monoisotopic (exact) mass is 384 g/mol. The molecule has 0 unspecified atom stereocenters. The number of fused-ring (bicyclic) bond motifs is 4. The molecule has 0 saturated carbocycles. The average Bonchev–Trinajstić information content (AvgIpc) is 3.03. The molecule has 2 aromatic heterocycles. The molecule has 5 aromatic rings. The van der Waals surface area contributed by atoms with Crippen LogP contribution in [0.3, 0.4) is 0 Å². The molecule has 6 nitrogen and oxygen atoms in total. The molecule has 0 aliphatic carbocycles. The number of imidazole rings is 1. The summed E-state index contributed by atoms with van der Waals surface area (Å²) in [6.07, 6.45) is 0. The molecule has 0 fully saturated rings. The van der Waals surface area contributed by atoms with Crippen molar-refractivity contribution in [2.24, 2.45) is 7.05 Å². The van der Waals surface area contributed by atoms with Crippen molar-refractivity contribution in [1.82, 2.24) is 8.97 Å². The molecule has 0 radical (unpaired) electrons. The number of hydrogen-bond acceptors (Lipinski definition) is 4. The largest absolute Gasteiger partial charge is 0.507 e. The predicted molar refractivity (Wildman–Crippen MR) is 111 cm³/mol. The van der Waals surface area contributed by atoms with E-state index in [0.717, 1.165) is 11.0 Å². The highest BCUT2D eigenvalue weighted by Gasteiger charge is 2.19. The van der Waals surface area contributed by atoms with Gasteiger partial charge in [0.1, 0.15) is 17.1 Å². The minimum atomic E-state index is -0.533. The van der Waals surface area contributed by atoms with Crippen molar-refractivity contribution < 1.29 is 14.6 Å². The molecule has 142 valence electrons. The van der Waals surface area contributed by atoms with Crippen molar-refractivity contribution in [3.8, 4) is 11.5 Å². The summed E-state index contributed by atoms with van der Waals surface area (Å²) in [6, 6.07) is 20.8. The Morgan fingerprint density at radius 3 is 2.38 bits per heavy atom. The van der Waals surface area contributed by atoms with Gasteiger partial charge in [0.25, 0.3) is 5.56 Å². The molecular formula is C23H16N2O4. The van der Waals surface area contributed by atoms with Crippen LogP contribution in [0.15, 0.2) is 77.6 Å². The Hall–Kier alpha value is -4.06. The Morgan fingerprint density at radius 1 is 0.931 bits per heavy atom. The smallest absolute Gasteiger partial charge is 0.343 e. The topological polar surface area (TPSA) is 72.9 Å². The Kier molecular flexibility index (Phi) is 3.67. The number of hydrogen-bond donors (Lipinski definition) is 1. The number of esters is 1. The van der Waals surface area contributed by atoms with Crippen LogP contribution >= 0.6 is 0 Å². The van der Waals surface area contributed by atoms with Crippen molar-refractivity contribution in [2.75, 3.05) is 0 Å². The summed E-state index contributed by atoms with van der Waals surface area (Å²) in [5.74, 6) is -0.474. The average molecular weight is 384 g/mol. The molecule has 0 atom stereocenters. The van der Waals surface area contributed by atoms with E-state index in [1.54, 1.807) is 34.7 Å². The van der Waals surface area contributed by atoms with Gasteiger partial charge in [0.15, 0.2) is 0 Å². The highest BCUT2D eigenvalue weighted by atomic mass is 16.5. The van der Waals surface area contributed by atoms with Crippen LogP contribution in [0.2, 0.25) is 0 Å². The lowest BCUT2D eigenvalue weighted by atomic mass is 10.1. The van der Waals surface area contributed by atoms with Crippen molar-refractivity contribution in [3.63, 3.8) is 0 Å². The van der Waals surface area contributed by atoms with Gasteiger partial charge < -0.3 is 14.4 Å². The number of carbonyl (C=O) groups is 1. The van der Waals surface area contributed by atoms with Gasteiger partial charge in [0.05, 0.1) is 22.0 Å². The summed E-state index contributed by atoms with van der Waals surface area (Å²) < 4.78 is 9.03. The minimum absolute atomic E-state index is 0.109. The fraction of sp³-hybridized carbons (Fsp3) is 0.0435. The maximum atomic E-state index is 13.3. The zero-order valence-corrected chi connectivity index (χ0v) is 15.5. The van der Waals surface area contributed by atoms with Gasteiger partial charge in [0.2, 0.25) is 0 Å². The van der Waals surface area contributed by atoms with Crippen molar-refractivity contribution >= 4 is 33.4 Å². The number of benzene rings is 3. The van der Waals surface area contributed by atoms with Gasteiger partial charge in [-0.25, -0.2) is 4.79 Å². The van der Waals surface area contributed by atoms with Crippen LogP contribution in [0.4, 0.5) is 0 Å². The number of aromatic hydroxyl groups is 1. The Morgan fingerprint density at radius 2 is 1.62 bits per heavy atom. The van der Waals surface area contributed by atoms with Crippen molar-refractivity contribution in [1.29, 1.82) is 0 Å². The molecule has 0 spiro atoms. The Balaban J connectivity index is 1.80. The highest BCUT2D eigenvalue weighted by molar-refractivity contribution is 5.99. The maximum Gasteiger partial charge on any atom is 0.343 e. The normalized spacial score (nSPS) is 11.3. The van der Waals surface area contributed by atoms with Gasteiger partial charge in [0, 0.05) is 12.4 Å². The van der Waals surface area contributed by atoms with Gasteiger partial charge in [-0.3, -0.25) is 9.20 Å². The number of phenolic OH excluding ortho intramolecular Hbond substituents is 1. The molecule has 0 aliphatic rings. The number of para-hydroxylation sites is 2. The number of nitrogens with zero attached hydrogens (tertiary/aromatic N) is 2. The first-order chi connectivity index (χ1) is 14.1. The maximum absolute atomic E-state index is 13.3. The van der Waals surface area contributed by atoms with Gasteiger partial charge in [-0.1, -0.05) is 30.3 Å². The number of rotatable bonds is 2. The van der Waals surface area contributed by atoms with E-state index in [-0.39, 0.29) is 22.4 Å². The molecule has 29 heavy (non-hydrogen) atoms. The second kappa shape index (κ2) is 6.24. The number of pyridine rings is 1. The van der Waals surface area contributed by atoms with Crippen LogP contribution in [0.25, 0.3) is 27.5 Å². The van der Waals surface area contributed by atoms with E-state index in [2.05, 4.69) is 0 Å². The molecule has 6 heteroatoms. The van der Waals surface area contributed by atoms with Crippen LogP contribution in [0.5, 0.6) is 11.5 Å². The minimum Gasteiger partial charge on any atom is -0.507 e. The van der Waals surface area contributed by atoms with E-state index in [1.165, 1.54) is 12.1 Å². The second-order valence-corrected chi connectivity index (χ2v) is 6.82. The molecule has 0 bridgehead atoms. The fourth-order valence-corrected chi connectivity index (χ4v) is 3.73. The summed E-state index contributed by atoms with van der Waals surface area (Å²) in [5, 5.41) is 10.9. The van der Waals surface area contributed by atoms with Crippen LogP contribution in [-0.2, 0) is 7.05 Å². The molecule has 2 heterocycles. The SMILES string of the molecule is Cn1c2ccccc2n2c(=O)c3c(O)ccc(OC(=O)c4ccccc4)c3cc12. The summed E-state index contributed by atoms with van der Waals surface area (Å²) in [4.78, 5) is 25.8. The fourth-order valence-electron chi connectivity index (χ4n) is 3.73. The first-order valence-corrected chi connectivity index (χ1v) is 9.08. The standard InChI is InChI=1S/C23H16N2O4/c1-24-16-9-5-6-10-17(16)25-20(24)13-15-19(12-11-18(26)21(15)22(25)27)29-23(28)14-7-3-2-4-8-14/h2-13,26H,1H3. The van der Waals surface area contributed by atoms with E-state index in [1.807, 2.05) is 41.9 Å². The molecular weight excluding hydrogens is 368 g/mol. The van der Waals surface area contributed by atoms with Gasteiger partial charge >= 0.3 is 5.97 Å². The number of carbonyl (C=O) groups excluding carboxylic acids is 1. The van der Waals surface area contributed by atoms with Crippen molar-refractivity contribution in [2.45, 2.75) is 0 Å². The molecule has 3 aromatic carbocycles. The molecule has 0 amide bonds. The number of aromatic nitrogens is 2. The molecule has 1 N–H and O–H groups in total. The third-order valence-electron chi connectivity index (χ3n) is 5.14. The number of ether oxygens (including phenoxy) is 1. The van der Waals surface area contributed by atoms with Gasteiger partial charge in [-0.15, -0.1) is 0 Å². The van der Waals surface area contributed by atoms with Gasteiger partial charge in [-0.2, -0.15) is 0 Å². The summed E-state index contributed by atoms with van der Waals surface area (Å²) >= 11 is 0. The Bertz CT molecular complexity index is 1480. The lowest BCUT2D eigenvalue weighted by Crippen LogP contribution is -2.15. The highest BCUT2D eigenvalue weighted by Crippen LogP contribution is 2.33. The molecule has 0 saturated heterocycles. The van der Waals surface area contributed by atoms with Crippen LogP contribution in [-0.4, -0.2) is 20.0 Å². The van der Waals surface area contributed by atoms with E-state index in [9.17, 15) is 14.7 Å². The van der Waals surface area contributed by atoms with Crippen LogP contribution < -0.4 is 10.3 Å². The lowest BCUT2D eigenvalue weighted by molar-refractivity contribution is 0.0737. The van der Waals surface area contributed by atoms with E-state index >= 15 is 0 Å². The number of aryl methyl sites for hydroxylation is 1. The summed E-state index contributed by atoms with van der Waals surface area (Å²) in [6.45, 7) is 0. The molecule has 0 aliphatic heterocycles. The first kappa shape index (κ1) is 17.1. The summed E-state index contributed by atoms with van der Waals surface area (Å²) in [5.41, 5.74) is 2.28. The second-order valence-electron chi connectivity index (χ2n) is 6.82. The van der Waals surface area contributed by atoms with Crippen LogP contribution in [0.1, 0.15) is 10.4 Å². The van der Waals surface area contributed by atoms with E-state index < -0.39 is 5.97 Å². The van der Waals surface area contributed by atoms with Crippen molar-refractivity contribution in [3.05, 3.63) is 88.7 Å². The Labute approximate surface area is 164 Å². The quantitative estimate of drug-likeness (QED) is 0.370. The third-order valence-corrected chi connectivity index (χ3v) is 5.14. The van der Waals surface area contributed by atoms with E-state index in [4.69, 9.17) is 4.74 Å². The molecule has 5 rings (SSSR count). The summed E-state index contributed by atoms with van der Waals surface area (Å²) in [7, 11) is 1.86. The zero-order chi connectivity index (χ0) is 20.1. The van der Waals surface area contributed by atoms with Crippen LogP contribution in [0, 0.1) is 0 Å². The first-order valence-electron chi connectivity index (χ1n) is 9.08. The lowest BCUT2D eigenvalue weighted by Gasteiger charge is -2.10. The third kappa shape index (κ3) is 2.50. The number of phenols is 1. The zero-order valence-electron chi connectivity index (χ0n) is 15.5. The van der Waals surface area contributed by atoms with Gasteiger partial charge in [-0.05, 0) is 42.5 Å². The van der Waals surface area contributed by atoms with E-state index in [0.29, 0.717) is 16.6 Å². The predicted octanol–water partition coefficient (Wildman–Crippen LogP) is 3.87.